The van der Waals surface area contributed by atoms with Gasteiger partial charge >= 0.3 is 5.97 Å². The van der Waals surface area contributed by atoms with Crippen LogP contribution in [-0.4, -0.2) is 88.4 Å². The average Bonchev–Trinajstić information content (AvgIpc) is 2.70. The molecule has 14 heteroatoms. The maximum atomic E-state index is 12.6. The number of rotatable bonds is 14. The van der Waals surface area contributed by atoms with Crippen molar-refractivity contribution in [2.45, 2.75) is 63.9 Å². The van der Waals surface area contributed by atoms with Gasteiger partial charge in [0.15, 0.2) is 5.96 Å². The second kappa shape index (κ2) is 14.2. The van der Waals surface area contributed by atoms with Crippen LogP contribution in [0.5, 0.6) is 0 Å². The van der Waals surface area contributed by atoms with Gasteiger partial charge in [-0.15, -0.1) is 0 Å². The number of carbonyl (C=O) groups is 4. The van der Waals surface area contributed by atoms with Crippen LogP contribution < -0.4 is 33.2 Å². The smallest absolute Gasteiger partial charge is 0.326 e. The van der Waals surface area contributed by atoms with Gasteiger partial charge < -0.3 is 48.5 Å². The topological polar surface area (TPSA) is 255 Å². The van der Waals surface area contributed by atoms with Crippen LogP contribution in [0.4, 0.5) is 0 Å². The van der Waals surface area contributed by atoms with Gasteiger partial charge in [-0.2, -0.15) is 0 Å². The molecule has 0 aromatic carbocycles. The minimum atomic E-state index is -1.47. The second-order valence-electron chi connectivity index (χ2n) is 7.59. The number of carboxylic acids is 1. The first-order valence-electron chi connectivity index (χ1n) is 10.1. The van der Waals surface area contributed by atoms with Crippen molar-refractivity contribution >= 4 is 29.7 Å². The average molecular weight is 462 g/mol. The van der Waals surface area contributed by atoms with E-state index in [0.717, 1.165) is 0 Å². The molecule has 5 unspecified atom stereocenters. The fourth-order valence-corrected chi connectivity index (χ4v) is 2.49. The summed E-state index contributed by atoms with van der Waals surface area (Å²) in [6, 6.07) is -5.15. The summed E-state index contributed by atoms with van der Waals surface area (Å²) in [5.74, 6) is -4.38. The van der Waals surface area contributed by atoms with E-state index in [2.05, 4.69) is 20.9 Å². The fraction of sp³-hybridized carbons (Fsp3) is 0.722. The van der Waals surface area contributed by atoms with Gasteiger partial charge in [0, 0.05) is 6.54 Å². The van der Waals surface area contributed by atoms with Gasteiger partial charge in [-0.1, -0.05) is 13.8 Å². The molecule has 0 heterocycles. The first-order chi connectivity index (χ1) is 14.8. The standard InChI is InChI=1S/C18H35N7O7/c1-8(2)13(25-15(29)12(19)9(3)27)16(30)24-11(7-26)14(28)23-10(17(31)32)5-4-6-22-18(20)21/h8-13,26-27H,4-7,19H2,1-3H3,(H,23,28)(H,24,30)(H,25,29)(H,31,32)(H4,20,21,22). The molecule has 0 rings (SSSR count). The van der Waals surface area contributed by atoms with Crippen LogP contribution in [0, 0.1) is 5.92 Å². The minimum absolute atomic E-state index is 0.00581. The number of guanidine groups is 1. The normalized spacial score (nSPS) is 15.6. The predicted molar refractivity (Wildman–Crippen MR) is 115 cm³/mol. The third-order valence-electron chi connectivity index (χ3n) is 4.44. The molecular weight excluding hydrogens is 426 g/mol. The monoisotopic (exact) mass is 461 g/mol. The van der Waals surface area contributed by atoms with E-state index in [1.807, 2.05) is 0 Å². The molecule has 5 atom stereocenters. The molecule has 0 bridgehead atoms. The molecule has 0 saturated carbocycles. The highest BCUT2D eigenvalue weighted by Gasteiger charge is 2.32. The van der Waals surface area contributed by atoms with Crippen LogP contribution >= 0.6 is 0 Å². The largest absolute Gasteiger partial charge is 0.480 e. The molecule has 0 aromatic rings. The number of carbonyl (C=O) groups excluding carboxylic acids is 3. The fourth-order valence-electron chi connectivity index (χ4n) is 2.49. The third kappa shape index (κ3) is 10.4. The number of carboxylic acid groups (broad SMARTS) is 1. The number of aliphatic hydroxyl groups excluding tert-OH is 2. The molecule has 0 aliphatic carbocycles. The molecule has 0 spiro atoms. The number of amides is 3. The SMILES string of the molecule is CC(C)C(NC(=O)C(N)C(C)O)C(=O)NC(CO)C(=O)NC(CCCN=C(N)N)C(=O)O. The van der Waals surface area contributed by atoms with Gasteiger partial charge in [-0.05, 0) is 25.7 Å². The van der Waals surface area contributed by atoms with Crippen LogP contribution in [0.1, 0.15) is 33.6 Å². The molecule has 3 amide bonds. The highest BCUT2D eigenvalue weighted by Crippen LogP contribution is 2.05. The summed E-state index contributed by atoms with van der Waals surface area (Å²) in [5.41, 5.74) is 15.9. The lowest BCUT2D eigenvalue weighted by atomic mass is 10.0. The van der Waals surface area contributed by atoms with E-state index >= 15 is 0 Å². The van der Waals surface area contributed by atoms with Crippen LogP contribution in [0.25, 0.3) is 0 Å². The number of aliphatic carboxylic acids is 1. The number of aliphatic hydroxyl groups is 2. The Morgan fingerprint density at radius 3 is 1.94 bits per heavy atom. The molecule has 184 valence electrons. The summed E-state index contributed by atoms with van der Waals surface area (Å²) in [6.45, 7) is 3.92. The maximum absolute atomic E-state index is 12.6. The first kappa shape index (κ1) is 29.0. The molecule has 0 saturated heterocycles. The van der Waals surface area contributed by atoms with Gasteiger partial charge in [0.1, 0.15) is 24.2 Å². The second-order valence-corrected chi connectivity index (χ2v) is 7.59. The van der Waals surface area contributed by atoms with Crippen molar-refractivity contribution in [3.8, 4) is 0 Å². The maximum Gasteiger partial charge on any atom is 0.326 e. The molecule has 14 nitrogen and oxygen atoms in total. The number of nitrogens with zero attached hydrogens (tertiary/aromatic N) is 1. The van der Waals surface area contributed by atoms with Crippen LogP contribution in [0.15, 0.2) is 4.99 Å². The zero-order valence-corrected chi connectivity index (χ0v) is 18.4. The van der Waals surface area contributed by atoms with E-state index in [1.54, 1.807) is 13.8 Å². The Labute approximate surface area is 186 Å². The lowest BCUT2D eigenvalue weighted by Gasteiger charge is -2.26. The van der Waals surface area contributed by atoms with Gasteiger partial charge in [0.2, 0.25) is 17.7 Å². The summed E-state index contributed by atoms with van der Waals surface area (Å²) in [5, 5.41) is 35.2. The highest BCUT2D eigenvalue weighted by atomic mass is 16.4. The molecular formula is C18H35N7O7. The third-order valence-corrected chi connectivity index (χ3v) is 4.44. The number of hydrogen-bond acceptors (Lipinski definition) is 8. The van der Waals surface area contributed by atoms with Crippen molar-refractivity contribution in [1.29, 1.82) is 0 Å². The molecule has 12 N–H and O–H groups in total. The van der Waals surface area contributed by atoms with Crippen LogP contribution in [0.2, 0.25) is 0 Å². The number of hydrogen-bond donors (Lipinski definition) is 9. The highest BCUT2D eigenvalue weighted by molar-refractivity contribution is 5.94. The van der Waals surface area contributed by atoms with Crippen molar-refractivity contribution in [2.24, 2.45) is 28.1 Å². The molecule has 0 radical (unpaired) electrons. The Kier molecular flexibility index (Phi) is 12.8. The number of nitrogens with two attached hydrogens (primary N) is 3. The Bertz CT molecular complexity index is 681. The van der Waals surface area contributed by atoms with Crippen LogP contribution in [0.3, 0.4) is 0 Å². The Hall–Kier alpha value is -2.97. The van der Waals surface area contributed by atoms with Crippen molar-refractivity contribution in [1.82, 2.24) is 16.0 Å². The summed E-state index contributed by atoms with van der Waals surface area (Å²) < 4.78 is 0. The van der Waals surface area contributed by atoms with E-state index in [1.165, 1.54) is 6.92 Å². The molecule has 0 aromatic heterocycles. The van der Waals surface area contributed by atoms with E-state index in [0.29, 0.717) is 0 Å². The molecule has 0 aliphatic rings. The van der Waals surface area contributed by atoms with Crippen LogP contribution in [-0.2, 0) is 19.2 Å². The summed E-state index contributed by atoms with van der Waals surface area (Å²) in [7, 11) is 0. The van der Waals surface area contributed by atoms with Gasteiger partial charge in [-0.25, -0.2) is 4.79 Å². The van der Waals surface area contributed by atoms with E-state index in [4.69, 9.17) is 17.2 Å². The summed E-state index contributed by atoms with van der Waals surface area (Å²) >= 11 is 0. The zero-order chi connectivity index (χ0) is 25.0. The van der Waals surface area contributed by atoms with Gasteiger partial charge in [0.05, 0.1) is 12.7 Å². The molecule has 0 fully saturated rings. The summed E-state index contributed by atoms with van der Waals surface area (Å²) in [6.07, 6.45) is -0.885. The van der Waals surface area contributed by atoms with E-state index in [9.17, 15) is 34.5 Å². The van der Waals surface area contributed by atoms with Gasteiger partial charge in [0.25, 0.3) is 0 Å². The van der Waals surface area contributed by atoms with Crippen molar-refractivity contribution < 1.29 is 34.5 Å². The lowest BCUT2D eigenvalue weighted by molar-refractivity contribution is -0.143. The predicted octanol–water partition coefficient (Wildman–Crippen LogP) is -4.06. The van der Waals surface area contributed by atoms with Gasteiger partial charge in [-0.3, -0.25) is 19.4 Å². The van der Waals surface area contributed by atoms with E-state index < -0.39 is 66.5 Å². The first-order valence-corrected chi connectivity index (χ1v) is 10.1. The lowest BCUT2D eigenvalue weighted by Crippen LogP contribution is -2.60. The Morgan fingerprint density at radius 1 is 0.938 bits per heavy atom. The molecule has 0 aliphatic heterocycles. The van der Waals surface area contributed by atoms with Crippen molar-refractivity contribution in [3.63, 3.8) is 0 Å². The quantitative estimate of drug-likeness (QED) is 0.0686. The summed E-state index contributed by atoms with van der Waals surface area (Å²) in [4.78, 5) is 52.2. The Morgan fingerprint density at radius 2 is 1.50 bits per heavy atom. The zero-order valence-electron chi connectivity index (χ0n) is 18.4. The Balaban J connectivity index is 5.12. The van der Waals surface area contributed by atoms with Crippen molar-refractivity contribution in [3.05, 3.63) is 0 Å². The number of nitrogens with one attached hydrogen (secondary N) is 3. The number of aliphatic imine (C=N–C) groups is 1. The van der Waals surface area contributed by atoms with Crippen molar-refractivity contribution in [2.75, 3.05) is 13.2 Å². The minimum Gasteiger partial charge on any atom is -0.480 e. The van der Waals surface area contributed by atoms with E-state index in [-0.39, 0.29) is 25.3 Å². The molecule has 32 heavy (non-hydrogen) atoms.